The molecule has 0 saturated carbocycles. The Kier molecular flexibility index (Phi) is 6.17. The highest BCUT2D eigenvalue weighted by Gasteiger charge is 2.11. The third-order valence-corrected chi connectivity index (χ3v) is 3.79. The van der Waals surface area contributed by atoms with Crippen molar-refractivity contribution in [1.29, 1.82) is 0 Å². The summed E-state index contributed by atoms with van der Waals surface area (Å²) < 4.78 is 10.7. The summed E-state index contributed by atoms with van der Waals surface area (Å²) in [5.74, 6) is 0.945. The average Bonchev–Trinajstić information content (AvgIpc) is 2.60. The van der Waals surface area contributed by atoms with Crippen LogP contribution in [0.3, 0.4) is 0 Å². The molecule has 0 aromatic heterocycles. The molecule has 0 radical (unpaired) electrons. The van der Waals surface area contributed by atoms with E-state index in [-0.39, 0.29) is 18.3 Å². The fraction of sp³-hybridized carbons (Fsp3) is 0.300. The molecule has 132 valence electrons. The molecule has 25 heavy (non-hydrogen) atoms. The molecule has 0 aliphatic rings. The molecule has 0 saturated heterocycles. The van der Waals surface area contributed by atoms with Crippen LogP contribution in [0.25, 0.3) is 0 Å². The van der Waals surface area contributed by atoms with Gasteiger partial charge in [-0.25, -0.2) is 0 Å². The van der Waals surface area contributed by atoms with E-state index in [0.29, 0.717) is 23.0 Å². The molecule has 0 atom stereocenters. The van der Waals surface area contributed by atoms with Gasteiger partial charge in [-0.15, -0.1) is 0 Å². The Labute approximate surface area is 148 Å². The van der Waals surface area contributed by atoms with Crippen LogP contribution in [0.15, 0.2) is 42.5 Å². The zero-order valence-corrected chi connectivity index (χ0v) is 15.0. The van der Waals surface area contributed by atoms with E-state index in [9.17, 15) is 9.59 Å². The van der Waals surface area contributed by atoms with Gasteiger partial charge >= 0.3 is 0 Å². The fourth-order valence-electron chi connectivity index (χ4n) is 2.30. The number of carbonyl (C=O) groups is 2. The van der Waals surface area contributed by atoms with Gasteiger partial charge in [0.25, 0.3) is 5.91 Å². The molecular formula is C20H23NO4. The second-order valence-electron chi connectivity index (χ2n) is 6.04. The first-order chi connectivity index (χ1) is 11.9. The van der Waals surface area contributed by atoms with Crippen molar-refractivity contribution < 1.29 is 19.1 Å². The number of Topliss-reactive ketones (excluding diaryl/α,β-unsaturated/α-hetero) is 1. The van der Waals surface area contributed by atoms with Crippen LogP contribution in [0.4, 0.5) is 5.69 Å². The molecule has 0 bridgehead atoms. The number of anilines is 1. The first-order valence-corrected chi connectivity index (χ1v) is 8.12. The Morgan fingerprint density at radius 1 is 1.04 bits per heavy atom. The summed E-state index contributed by atoms with van der Waals surface area (Å²) in [6.45, 7) is 5.56. The second-order valence-corrected chi connectivity index (χ2v) is 6.04. The van der Waals surface area contributed by atoms with Gasteiger partial charge in [0.05, 0.1) is 7.11 Å². The highest BCUT2D eigenvalue weighted by molar-refractivity contribution is 5.95. The molecule has 2 aromatic rings. The minimum atomic E-state index is -0.269. The number of methoxy groups -OCH3 is 1. The summed E-state index contributed by atoms with van der Waals surface area (Å²) >= 11 is 0. The van der Waals surface area contributed by atoms with Crippen molar-refractivity contribution in [3.8, 4) is 11.5 Å². The lowest BCUT2D eigenvalue weighted by Crippen LogP contribution is -2.20. The second kappa shape index (κ2) is 8.33. The predicted octanol–water partition coefficient (Wildman–Crippen LogP) is 4.04. The number of ketones is 1. The van der Waals surface area contributed by atoms with Crippen molar-refractivity contribution in [3.05, 3.63) is 53.6 Å². The fourth-order valence-corrected chi connectivity index (χ4v) is 2.30. The standard InChI is InChI=1S/C20H23NO4/c1-13(2)15-5-8-17(9-6-15)21-20(23)12-25-18-10-7-16(14(3)22)11-19(18)24-4/h5-11,13H,12H2,1-4H3,(H,21,23). The molecule has 0 spiro atoms. The van der Waals surface area contributed by atoms with Crippen LogP contribution in [0.2, 0.25) is 0 Å². The molecule has 5 nitrogen and oxygen atoms in total. The van der Waals surface area contributed by atoms with E-state index in [1.165, 1.54) is 19.6 Å². The number of nitrogens with one attached hydrogen (secondary N) is 1. The minimum Gasteiger partial charge on any atom is -0.493 e. The van der Waals surface area contributed by atoms with Gasteiger partial charge in [0.2, 0.25) is 0 Å². The smallest absolute Gasteiger partial charge is 0.262 e. The molecule has 5 heteroatoms. The van der Waals surface area contributed by atoms with Crippen LogP contribution < -0.4 is 14.8 Å². The van der Waals surface area contributed by atoms with Crippen molar-refractivity contribution in [2.24, 2.45) is 0 Å². The Bertz CT molecular complexity index is 751. The Morgan fingerprint density at radius 3 is 2.28 bits per heavy atom. The number of amides is 1. The van der Waals surface area contributed by atoms with E-state index in [4.69, 9.17) is 9.47 Å². The van der Waals surface area contributed by atoms with E-state index in [0.717, 1.165) is 5.69 Å². The van der Waals surface area contributed by atoms with Crippen LogP contribution in [0.1, 0.15) is 42.6 Å². The third kappa shape index (κ3) is 5.08. The summed E-state index contributed by atoms with van der Waals surface area (Å²) in [6, 6.07) is 12.6. The van der Waals surface area contributed by atoms with Crippen LogP contribution in [0, 0.1) is 0 Å². The van der Waals surface area contributed by atoms with Crippen molar-refractivity contribution in [1.82, 2.24) is 0 Å². The van der Waals surface area contributed by atoms with Gasteiger partial charge < -0.3 is 14.8 Å². The molecular weight excluding hydrogens is 318 g/mol. The molecule has 2 aromatic carbocycles. The van der Waals surface area contributed by atoms with Gasteiger partial charge in [-0.05, 0) is 48.7 Å². The topological polar surface area (TPSA) is 64.6 Å². The van der Waals surface area contributed by atoms with E-state index >= 15 is 0 Å². The average molecular weight is 341 g/mol. The van der Waals surface area contributed by atoms with Gasteiger partial charge in [-0.3, -0.25) is 9.59 Å². The van der Waals surface area contributed by atoms with E-state index in [2.05, 4.69) is 19.2 Å². The van der Waals surface area contributed by atoms with Crippen LogP contribution >= 0.6 is 0 Å². The van der Waals surface area contributed by atoms with Gasteiger partial charge in [0.1, 0.15) is 0 Å². The summed E-state index contributed by atoms with van der Waals surface area (Å²) in [7, 11) is 1.49. The molecule has 0 heterocycles. The lowest BCUT2D eigenvalue weighted by molar-refractivity contribution is -0.118. The summed E-state index contributed by atoms with van der Waals surface area (Å²) in [5, 5.41) is 2.79. The molecule has 0 aliphatic carbocycles. The Hall–Kier alpha value is -2.82. The quantitative estimate of drug-likeness (QED) is 0.772. The van der Waals surface area contributed by atoms with Crippen molar-refractivity contribution in [3.63, 3.8) is 0 Å². The lowest BCUT2D eigenvalue weighted by atomic mass is 10.0. The zero-order chi connectivity index (χ0) is 18.4. The first kappa shape index (κ1) is 18.5. The minimum absolute atomic E-state index is 0.0626. The zero-order valence-electron chi connectivity index (χ0n) is 15.0. The van der Waals surface area contributed by atoms with E-state index < -0.39 is 0 Å². The number of carbonyl (C=O) groups excluding carboxylic acids is 2. The summed E-state index contributed by atoms with van der Waals surface area (Å²) in [5.41, 5.74) is 2.46. The van der Waals surface area contributed by atoms with Crippen LogP contribution in [-0.2, 0) is 4.79 Å². The maximum Gasteiger partial charge on any atom is 0.262 e. The number of rotatable bonds is 7. The molecule has 0 fully saturated rings. The van der Waals surface area contributed by atoms with Gasteiger partial charge in [-0.2, -0.15) is 0 Å². The van der Waals surface area contributed by atoms with Gasteiger partial charge in [0.15, 0.2) is 23.9 Å². The molecule has 1 N–H and O–H groups in total. The summed E-state index contributed by atoms with van der Waals surface area (Å²) in [6.07, 6.45) is 0. The van der Waals surface area contributed by atoms with Gasteiger partial charge in [-0.1, -0.05) is 26.0 Å². The van der Waals surface area contributed by atoms with Crippen molar-refractivity contribution in [2.75, 3.05) is 19.0 Å². The molecule has 1 amide bonds. The maximum absolute atomic E-state index is 12.0. The largest absolute Gasteiger partial charge is 0.493 e. The highest BCUT2D eigenvalue weighted by atomic mass is 16.5. The third-order valence-electron chi connectivity index (χ3n) is 3.79. The summed E-state index contributed by atoms with van der Waals surface area (Å²) in [4.78, 5) is 23.4. The van der Waals surface area contributed by atoms with Crippen molar-refractivity contribution in [2.45, 2.75) is 26.7 Å². The van der Waals surface area contributed by atoms with E-state index in [1.807, 2.05) is 24.3 Å². The van der Waals surface area contributed by atoms with E-state index in [1.54, 1.807) is 18.2 Å². The number of hydrogen-bond donors (Lipinski definition) is 1. The lowest BCUT2D eigenvalue weighted by Gasteiger charge is -2.12. The molecule has 0 aliphatic heterocycles. The Balaban J connectivity index is 1.96. The number of ether oxygens (including phenoxy) is 2. The van der Waals surface area contributed by atoms with Crippen LogP contribution in [-0.4, -0.2) is 25.4 Å². The SMILES string of the molecule is COc1cc(C(C)=O)ccc1OCC(=O)Nc1ccc(C(C)C)cc1. The predicted molar refractivity (Wildman–Crippen MR) is 97.7 cm³/mol. The highest BCUT2D eigenvalue weighted by Crippen LogP contribution is 2.28. The first-order valence-electron chi connectivity index (χ1n) is 8.12. The number of hydrogen-bond acceptors (Lipinski definition) is 4. The monoisotopic (exact) mass is 341 g/mol. The normalized spacial score (nSPS) is 10.4. The van der Waals surface area contributed by atoms with Crippen LogP contribution in [0.5, 0.6) is 11.5 Å². The maximum atomic E-state index is 12.0. The molecule has 2 rings (SSSR count). The van der Waals surface area contributed by atoms with Gasteiger partial charge in [0, 0.05) is 11.3 Å². The Morgan fingerprint density at radius 2 is 1.72 bits per heavy atom. The van der Waals surface area contributed by atoms with Crippen molar-refractivity contribution >= 4 is 17.4 Å². The molecule has 0 unspecified atom stereocenters. The number of benzene rings is 2.